The Morgan fingerprint density at radius 2 is 1.94 bits per heavy atom. The average molecular weight is 245 g/mol. The van der Waals surface area contributed by atoms with E-state index in [2.05, 4.69) is 0 Å². The Bertz CT molecular complexity index is 355. The van der Waals surface area contributed by atoms with Crippen LogP contribution in [0.15, 0.2) is 24.5 Å². The zero-order valence-electron chi connectivity index (χ0n) is 10.0. The second kappa shape index (κ2) is 5.16. The van der Waals surface area contributed by atoms with Crippen LogP contribution in [0.3, 0.4) is 0 Å². The molecule has 1 fully saturated rings. The minimum atomic E-state index is -2.43. The molecule has 0 saturated carbocycles. The SMILES string of the molecule is [2H][C@]1(O)[C@@H](C2C=CC=CO2)O[C@H](CO)[C@@H](O)[C@@H]1O. The highest BCUT2D eigenvalue weighted by Crippen LogP contribution is 2.25. The van der Waals surface area contributed by atoms with E-state index in [1.807, 2.05) is 0 Å². The zero-order chi connectivity index (χ0) is 13.3. The van der Waals surface area contributed by atoms with Crippen LogP contribution in [0.5, 0.6) is 0 Å². The van der Waals surface area contributed by atoms with Crippen molar-refractivity contribution in [2.24, 2.45) is 0 Å². The predicted molar refractivity (Wildman–Crippen MR) is 56.9 cm³/mol. The maximum absolute atomic E-state index is 9.95. The molecular formula is C11H16O6. The summed E-state index contributed by atoms with van der Waals surface area (Å²) < 4.78 is 18.2. The van der Waals surface area contributed by atoms with Gasteiger partial charge in [0, 0.05) is 0 Å². The lowest BCUT2D eigenvalue weighted by Crippen LogP contribution is -2.61. The highest BCUT2D eigenvalue weighted by atomic mass is 16.6. The fourth-order valence-electron chi connectivity index (χ4n) is 1.85. The molecule has 6 heteroatoms. The molecule has 2 heterocycles. The van der Waals surface area contributed by atoms with Gasteiger partial charge in [-0.15, -0.1) is 0 Å². The van der Waals surface area contributed by atoms with Gasteiger partial charge in [0.15, 0.2) is 0 Å². The number of allylic oxidation sites excluding steroid dienone is 2. The average Bonchev–Trinajstić information content (AvgIpc) is 2.38. The Morgan fingerprint density at radius 3 is 2.53 bits per heavy atom. The molecule has 96 valence electrons. The van der Waals surface area contributed by atoms with E-state index in [1.54, 1.807) is 18.2 Å². The van der Waals surface area contributed by atoms with Gasteiger partial charge in [-0.05, 0) is 12.2 Å². The molecular weight excluding hydrogens is 228 g/mol. The van der Waals surface area contributed by atoms with Crippen LogP contribution >= 0.6 is 0 Å². The minimum Gasteiger partial charge on any atom is -0.491 e. The maximum atomic E-state index is 9.95. The Balaban J connectivity index is 2.22. The molecule has 0 aliphatic carbocycles. The molecule has 0 radical (unpaired) electrons. The van der Waals surface area contributed by atoms with E-state index in [-0.39, 0.29) is 0 Å². The van der Waals surface area contributed by atoms with Crippen molar-refractivity contribution >= 4 is 0 Å². The lowest BCUT2D eigenvalue weighted by molar-refractivity contribution is -0.244. The number of rotatable bonds is 2. The monoisotopic (exact) mass is 245 g/mol. The summed E-state index contributed by atoms with van der Waals surface area (Å²) in [6, 6.07) is 0. The molecule has 2 aliphatic rings. The van der Waals surface area contributed by atoms with Crippen molar-refractivity contribution in [3.05, 3.63) is 24.5 Å². The van der Waals surface area contributed by atoms with E-state index in [0.29, 0.717) is 0 Å². The van der Waals surface area contributed by atoms with E-state index in [1.165, 1.54) is 6.26 Å². The van der Waals surface area contributed by atoms with Gasteiger partial charge in [0.1, 0.15) is 36.6 Å². The Hall–Kier alpha value is -0.920. The third-order valence-electron chi connectivity index (χ3n) is 2.82. The van der Waals surface area contributed by atoms with Crippen LogP contribution in [0.1, 0.15) is 1.37 Å². The maximum Gasteiger partial charge on any atom is 0.145 e. The summed E-state index contributed by atoms with van der Waals surface area (Å²) in [7, 11) is 0. The summed E-state index contributed by atoms with van der Waals surface area (Å²) in [4.78, 5) is 0. The van der Waals surface area contributed by atoms with Crippen molar-refractivity contribution in [2.45, 2.75) is 36.6 Å². The van der Waals surface area contributed by atoms with Crippen LogP contribution in [-0.4, -0.2) is 63.6 Å². The van der Waals surface area contributed by atoms with Crippen LogP contribution in [0, 0.1) is 0 Å². The zero-order valence-corrected chi connectivity index (χ0v) is 9.01. The summed E-state index contributed by atoms with van der Waals surface area (Å²) >= 11 is 0. The number of hydrogen-bond donors (Lipinski definition) is 4. The Labute approximate surface area is 99.8 Å². The second-order valence-corrected chi connectivity index (χ2v) is 3.95. The third-order valence-corrected chi connectivity index (χ3v) is 2.82. The molecule has 1 saturated heterocycles. The molecule has 0 bridgehead atoms. The second-order valence-electron chi connectivity index (χ2n) is 3.95. The molecule has 0 aromatic rings. The summed E-state index contributed by atoms with van der Waals surface area (Å²) in [6.07, 6.45) is -2.56. The number of aliphatic hydroxyl groups excluding tert-OH is 3. The first kappa shape index (κ1) is 11.2. The lowest BCUT2D eigenvalue weighted by atomic mass is 9.92. The first-order chi connectivity index (χ1) is 8.48. The quantitative estimate of drug-likeness (QED) is 0.463. The van der Waals surface area contributed by atoms with E-state index in [4.69, 9.17) is 16.0 Å². The van der Waals surface area contributed by atoms with Crippen molar-refractivity contribution < 1.29 is 31.3 Å². The first-order valence-electron chi connectivity index (χ1n) is 5.82. The van der Waals surface area contributed by atoms with Gasteiger partial charge in [-0.1, -0.05) is 6.08 Å². The van der Waals surface area contributed by atoms with Gasteiger partial charge in [-0.25, -0.2) is 0 Å². The van der Waals surface area contributed by atoms with Crippen LogP contribution in [0.4, 0.5) is 0 Å². The molecule has 6 nitrogen and oxygen atoms in total. The molecule has 0 amide bonds. The summed E-state index contributed by atoms with van der Waals surface area (Å²) in [5.41, 5.74) is 0. The van der Waals surface area contributed by atoms with Gasteiger partial charge in [0.2, 0.25) is 0 Å². The van der Waals surface area contributed by atoms with E-state index < -0.39 is 43.2 Å². The molecule has 6 atom stereocenters. The van der Waals surface area contributed by atoms with Gasteiger partial charge in [0.05, 0.1) is 14.2 Å². The highest BCUT2D eigenvalue weighted by Gasteiger charge is 2.46. The van der Waals surface area contributed by atoms with Crippen molar-refractivity contribution in [3.8, 4) is 0 Å². The molecule has 2 rings (SSSR count). The van der Waals surface area contributed by atoms with E-state index in [9.17, 15) is 15.3 Å². The van der Waals surface area contributed by atoms with Gasteiger partial charge in [0.25, 0.3) is 0 Å². The molecule has 1 unspecified atom stereocenters. The standard InChI is InChI=1S/C11H16O6/c12-5-7-8(13)9(14)10(15)11(17-7)6-3-1-2-4-16-6/h1-4,6-15H,5H2/t6?,7-,8-,9+,10-,11-/m1/s1/i10D. The smallest absolute Gasteiger partial charge is 0.145 e. The molecule has 17 heavy (non-hydrogen) atoms. The predicted octanol–water partition coefficient (Wildman–Crippen LogP) is -1.70. The fourth-order valence-corrected chi connectivity index (χ4v) is 1.85. The molecule has 0 spiro atoms. The van der Waals surface area contributed by atoms with Crippen molar-refractivity contribution in [1.82, 2.24) is 0 Å². The van der Waals surface area contributed by atoms with Gasteiger partial charge < -0.3 is 29.9 Å². The van der Waals surface area contributed by atoms with Crippen LogP contribution in [-0.2, 0) is 9.47 Å². The molecule has 2 aliphatic heterocycles. The van der Waals surface area contributed by atoms with Gasteiger partial charge >= 0.3 is 0 Å². The van der Waals surface area contributed by atoms with E-state index in [0.717, 1.165) is 0 Å². The molecule has 0 aromatic heterocycles. The number of hydrogen-bond acceptors (Lipinski definition) is 6. The Kier molecular flexibility index (Phi) is 3.39. The van der Waals surface area contributed by atoms with E-state index >= 15 is 0 Å². The first-order valence-corrected chi connectivity index (χ1v) is 5.32. The summed E-state index contributed by atoms with van der Waals surface area (Å²) in [5, 5.41) is 38.3. The van der Waals surface area contributed by atoms with Crippen LogP contribution in [0.25, 0.3) is 0 Å². The van der Waals surface area contributed by atoms with Crippen molar-refractivity contribution in [2.75, 3.05) is 6.61 Å². The largest absolute Gasteiger partial charge is 0.491 e. The summed E-state index contributed by atoms with van der Waals surface area (Å²) in [6.45, 7) is -0.531. The Morgan fingerprint density at radius 1 is 1.18 bits per heavy atom. The van der Waals surface area contributed by atoms with Crippen molar-refractivity contribution in [1.29, 1.82) is 0 Å². The highest BCUT2D eigenvalue weighted by molar-refractivity contribution is 5.11. The van der Waals surface area contributed by atoms with Crippen LogP contribution in [0.2, 0.25) is 0 Å². The third kappa shape index (κ3) is 2.36. The minimum absolute atomic E-state index is 0.531. The molecule has 0 aromatic carbocycles. The fraction of sp³-hybridized carbons (Fsp3) is 0.636. The van der Waals surface area contributed by atoms with Gasteiger partial charge in [-0.2, -0.15) is 0 Å². The lowest BCUT2D eigenvalue weighted by Gasteiger charge is -2.42. The van der Waals surface area contributed by atoms with Crippen LogP contribution < -0.4 is 0 Å². The summed E-state index contributed by atoms with van der Waals surface area (Å²) in [5.74, 6) is 0. The van der Waals surface area contributed by atoms with Crippen molar-refractivity contribution in [3.63, 3.8) is 0 Å². The van der Waals surface area contributed by atoms with Gasteiger partial charge in [-0.3, -0.25) is 0 Å². The number of aliphatic hydroxyl groups is 4. The molecule has 4 N–H and O–H groups in total. The normalized spacial score (nSPS) is 50.8. The number of ether oxygens (including phenoxy) is 2. The topological polar surface area (TPSA) is 99.4 Å².